The molecule has 0 radical (unpaired) electrons. The van der Waals surface area contributed by atoms with Gasteiger partial charge >= 0.3 is 0 Å². The molecule has 0 aromatic carbocycles. The molecule has 18 heavy (non-hydrogen) atoms. The predicted molar refractivity (Wildman–Crippen MR) is 63.2 cm³/mol. The van der Waals surface area contributed by atoms with Gasteiger partial charge in [-0.25, -0.2) is 0 Å². The molecule has 4 nitrogen and oxygen atoms in total. The number of fused-ring (bicyclic) bond motifs is 5. The summed E-state index contributed by atoms with van der Waals surface area (Å²) in [6.07, 6.45) is 6.69. The van der Waals surface area contributed by atoms with E-state index in [0.29, 0.717) is 5.92 Å². The van der Waals surface area contributed by atoms with Gasteiger partial charge in [0.25, 0.3) is 0 Å². The quantitative estimate of drug-likeness (QED) is 0.586. The summed E-state index contributed by atoms with van der Waals surface area (Å²) >= 11 is 0. The molecule has 1 saturated heterocycles. The van der Waals surface area contributed by atoms with Crippen LogP contribution in [0.1, 0.15) is 19.3 Å². The Labute approximate surface area is 106 Å². The third-order valence-electron chi connectivity index (χ3n) is 5.10. The Morgan fingerprint density at radius 1 is 1.17 bits per heavy atom. The summed E-state index contributed by atoms with van der Waals surface area (Å²) in [5.74, 6) is 0.501. The van der Waals surface area contributed by atoms with E-state index >= 15 is 0 Å². The highest BCUT2D eigenvalue weighted by molar-refractivity contribution is 6.06. The third kappa shape index (κ3) is 1.30. The Balaban J connectivity index is 1.56. The fraction of sp³-hybridized carbons (Fsp3) is 0.714. The van der Waals surface area contributed by atoms with E-state index < -0.39 is 6.10 Å². The van der Waals surface area contributed by atoms with Gasteiger partial charge in [-0.05, 0) is 37.0 Å². The van der Waals surface area contributed by atoms with Gasteiger partial charge in [-0.2, -0.15) is 0 Å². The molecule has 4 rings (SSSR count). The van der Waals surface area contributed by atoms with Crippen molar-refractivity contribution in [2.75, 3.05) is 6.54 Å². The van der Waals surface area contributed by atoms with Gasteiger partial charge in [-0.15, -0.1) is 0 Å². The van der Waals surface area contributed by atoms with Crippen molar-refractivity contribution in [2.24, 2.45) is 29.6 Å². The summed E-state index contributed by atoms with van der Waals surface area (Å²) in [5, 5.41) is 9.93. The van der Waals surface area contributed by atoms with Gasteiger partial charge in [-0.1, -0.05) is 12.2 Å². The molecule has 0 aromatic rings. The van der Waals surface area contributed by atoms with Crippen molar-refractivity contribution in [2.45, 2.75) is 25.4 Å². The van der Waals surface area contributed by atoms with E-state index in [1.165, 1.54) is 4.90 Å². The van der Waals surface area contributed by atoms with Gasteiger partial charge in [0.15, 0.2) is 0 Å². The molecule has 2 bridgehead atoms. The molecule has 2 amide bonds. The molecule has 4 heteroatoms. The Morgan fingerprint density at radius 2 is 1.72 bits per heavy atom. The van der Waals surface area contributed by atoms with Crippen LogP contribution in [-0.2, 0) is 9.59 Å². The lowest BCUT2D eigenvalue weighted by Crippen LogP contribution is -2.39. The largest absolute Gasteiger partial charge is 0.391 e. The standard InChI is InChI=1S/C14H17NO3/c16-10(7-1-2-7)6-15-13(17)11-8-3-4-9(5-8)12(11)14(15)18/h3-4,7-12,16H,1-2,5-6H2. The van der Waals surface area contributed by atoms with Crippen molar-refractivity contribution >= 4 is 11.8 Å². The zero-order chi connectivity index (χ0) is 12.4. The molecule has 3 aliphatic carbocycles. The van der Waals surface area contributed by atoms with Crippen LogP contribution < -0.4 is 0 Å². The fourth-order valence-corrected chi connectivity index (χ4v) is 3.96. The van der Waals surface area contributed by atoms with E-state index in [2.05, 4.69) is 12.2 Å². The number of hydrogen-bond acceptors (Lipinski definition) is 3. The van der Waals surface area contributed by atoms with E-state index in [4.69, 9.17) is 0 Å². The number of hydrogen-bond donors (Lipinski definition) is 1. The summed E-state index contributed by atoms with van der Waals surface area (Å²) in [5.41, 5.74) is 0. The number of aliphatic hydroxyl groups is 1. The minimum absolute atomic E-state index is 0.0402. The number of carbonyl (C=O) groups excluding carboxylic acids is 2. The summed E-state index contributed by atoms with van der Waals surface area (Å²) in [6.45, 7) is 0.217. The van der Waals surface area contributed by atoms with Crippen molar-refractivity contribution in [3.05, 3.63) is 12.2 Å². The molecule has 4 aliphatic rings. The van der Waals surface area contributed by atoms with Gasteiger partial charge < -0.3 is 5.11 Å². The van der Waals surface area contributed by atoms with Crippen LogP contribution in [0.15, 0.2) is 12.2 Å². The predicted octanol–water partition coefficient (Wildman–Crippen LogP) is 0.564. The normalized spacial score (nSPS) is 42.8. The van der Waals surface area contributed by atoms with Crippen molar-refractivity contribution in [3.8, 4) is 0 Å². The summed E-state index contributed by atoms with van der Waals surface area (Å²) in [6, 6.07) is 0. The number of nitrogens with zero attached hydrogens (tertiary/aromatic N) is 1. The molecular formula is C14H17NO3. The van der Waals surface area contributed by atoms with Crippen LogP contribution >= 0.6 is 0 Å². The molecule has 1 heterocycles. The monoisotopic (exact) mass is 247 g/mol. The smallest absolute Gasteiger partial charge is 0.233 e. The first-order valence-electron chi connectivity index (χ1n) is 6.88. The number of likely N-dealkylation sites (tertiary alicyclic amines) is 1. The first-order valence-corrected chi connectivity index (χ1v) is 6.88. The van der Waals surface area contributed by atoms with E-state index in [0.717, 1.165) is 19.3 Å². The van der Waals surface area contributed by atoms with Crippen LogP contribution in [0, 0.1) is 29.6 Å². The number of imide groups is 1. The summed E-state index contributed by atoms with van der Waals surface area (Å²) in [7, 11) is 0. The minimum atomic E-state index is -0.512. The molecule has 0 spiro atoms. The number of carbonyl (C=O) groups is 2. The number of β-amino-alcohol motifs (C(OH)–C–C–N with tert-alkyl or cyclic N) is 1. The lowest BCUT2D eigenvalue weighted by atomic mass is 9.85. The molecule has 3 fully saturated rings. The highest BCUT2D eigenvalue weighted by atomic mass is 16.3. The van der Waals surface area contributed by atoms with Gasteiger partial charge in [-0.3, -0.25) is 14.5 Å². The van der Waals surface area contributed by atoms with Crippen LogP contribution in [0.3, 0.4) is 0 Å². The molecule has 5 atom stereocenters. The van der Waals surface area contributed by atoms with Crippen molar-refractivity contribution in [1.29, 1.82) is 0 Å². The zero-order valence-corrected chi connectivity index (χ0v) is 10.2. The molecule has 1 aliphatic heterocycles. The van der Waals surface area contributed by atoms with Gasteiger partial charge in [0.1, 0.15) is 0 Å². The number of rotatable bonds is 3. The SMILES string of the molecule is O=C1C2C3C=CC(C3)C2C(=O)N1CC(O)C1CC1. The van der Waals surface area contributed by atoms with Crippen LogP contribution in [0.5, 0.6) is 0 Å². The maximum Gasteiger partial charge on any atom is 0.233 e. The van der Waals surface area contributed by atoms with Gasteiger partial charge in [0, 0.05) is 0 Å². The third-order valence-corrected chi connectivity index (χ3v) is 5.10. The second-order valence-electron chi connectivity index (χ2n) is 6.19. The maximum atomic E-state index is 12.3. The van der Waals surface area contributed by atoms with Crippen LogP contribution in [0.4, 0.5) is 0 Å². The van der Waals surface area contributed by atoms with Gasteiger partial charge in [0.05, 0.1) is 24.5 Å². The lowest BCUT2D eigenvalue weighted by Gasteiger charge is -2.20. The molecule has 0 aromatic heterocycles. The molecule has 2 saturated carbocycles. The summed E-state index contributed by atoms with van der Waals surface area (Å²) in [4.78, 5) is 26.0. The van der Waals surface area contributed by atoms with E-state index in [1.54, 1.807) is 0 Å². The van der Waals surface area contributed by atoms with Crippen molar-refractivity contribution in [1.82, 2.24) is 4.90 Å². The molecule has 5 unspecified atom stereocenters. The number of aliphatic hydroxyl groups excluding tert-OH is 1. The van der Waals surface area contributed by atoms with Crippen LogP contribution in [0.25, 0.3) is 0 Å². The van der Waals surface area contributed by atoms with Gasteiger partial charge in [0.2, 0.25) is 11.8 Å². The number of amides is 2. The van der Waals surface area contributed by atoms with Crippen LogP contribution in [0.2, 0.25) is 0 Å². The summed E-state index contributed by atoms with van der Waals surface area (Å²) < 4.78 is 0. The second-order valence-corrected chi connectivity index (χ2v) is 6.19. The molecule has 96 valence electrons. The second kappa shape index (κ2) is 3.44. The van der Waals surface area contributed by atoms with E-state index in [1.807, 2.05) is 0 Å². The number of allylic oxidation sites excluding steroid dienone is 2. The van der Waals surface area contributed by atoms with E-state index in [9.17, 15) is 14.7 Å². The maximum absolute atomic E-state index is 12.3. The van der Waals surface area contributed by atoms with Crippen LogP contribution in [-0.4, -0.2) is 34.5 Å². The highest BCUT2D eigenvalue weighted by Crippen LogP contribution is 2.52. The first kappa shape index (κ1) is 10.7. The van der Waals surface area contributed by atoms with Crippen molar-refractivity contribution in [3.63, 3.8) is 0 Å². The Kier molecular flexibility index (Phi) is 2.05. The molecule has 1 N–H and O–H groups in total. The first-order chi connectivity index (χ1) is 8.66. The Morgan fingerprint density at radius 3 is 2.22 bits per heavy atom. The highest BCUT2D eigenvalue weighted by Gasteiger charge is 2.59. The fourth-order valence-electron chi connectivity index (χ4n) is 3.96. The topological polar surface area (TPSA) is 57.6 Å². The average Bonchev–Trinajstić information content (AvgIpc) is 2.95. The van der Waals surface area contributed by atoms with Crippen molar-refractivity contribution < 1.29 is 14.7 Å². The lowest BCUT2D eigenvalue weighted by molar-refractivity contribution is -0.142. The Bertz CT molecular complexity index is 424. The van der Waals surface area contributed by atoms with E-state index in [-0.39, 0.29) is 42.0 Å². The minimum Gasteiger partial charge on any atom is -0.391 e. The average molecular weight is 247 g/mol. The zero-order valence-electron chi connectivity index (χ0n) is 10.2. The molecular weight excluding hydrogens is 230 g/mol. The Hall–Kier alpha value is -1.16.